The highest BCUT2D eigenvalue weighted by molar-refractivity contribution is 5.71. The van der Waals surface area contributed by atoms with Gasteiger partial charge in [-0.2, -0.15) is 0 Å². The third kappa shape index (κ3) is 5.83. The van der Waals surface area contributed by atoms with Crippen molar-refractivity contribution in [1.82, 2.24) is 0 Å². The minimum atomic E-state index is -1.27. The van der Waals surface area contributed by atoms with Crippen LogP contribution in [0.4, 0.5) is 0 Å². The molecule has 0 saturated carbocycles. The molecule has 0 aliphatic heterocycles. The van der Waals surface area contributed by atoms with Gasteiger partial charge in [0.15, 0.2) is 18.0 Å². The Kier molecular flexibility index (Phi) is 7.11. The van der Waals surface area contributed by atoms with Crippen molar-refractivity contribution in [3.8, 4) is 0 Å². The van der Waals surface area contributed by atoms with Crippen LogP contribution in [-0.4, -0.2) is 22.3 Å². The lowest BCUT2D eigenvalue weighted by atomic mass is 10.1. The summed E-state index contributed by atoms with van der Waals surface area (Å²) < 4.78 is 2.16. The van der Waals surface area contributed by atoms with Crippen LogP contribution in [0.5, 0.6) is 0 Å². The van der Waals surface area contributed by atoms with E-state index >= 15 is 0 Å². The molecule has 0 aliphatic rings. The molecule has 1 unspecified atom stereocenters. The summed E-state index contributed by atoms with van der Waals surface area (Å²) in [6.07, 6.45) is 6.42. The van der Waals surface area contributed by atoms with Gasteiger partial charge in [-0.1, -0.05) is 25.8 Å². The van der Waals surface area contributed by atoms with E-state index in [0.29, 0.717) is 6.42 Å². The van der Waals surface area contributed by atoms with E-state index in [2.05, 4.69) is 11.5 Å². The van der Waals surface area contributed by atoms with Crippen LogP contribution in [0.1, 0.15) is 44.7 Å². The second-order valence-corrected chi connectivity index (χ2v) is 4.84. The Morgan fingerprint density at radius 3 is 2.79 bits per heavy atom. The van der Waals surface area contributed by atoms with Crippen LogP contribution in [0.3, 0.4) is 0 Å². The monoisotopic (exact) mass is 266 g/mol. The van der Waals surface area contributed by atoms with Gasteiger partial charge in [-0.25, -0.2) is 9.36 Å². The van der Waals surface area contributed by atoms with Crippen LogP contribution in [0.25, 0.3) is 0 Å². The van der Waals surface area contributed by atoms with E-state index < -0.39 is 12.1 Å². The fourth-order valence-electron chi connectivity index (χ4n) is 2.07. The zero-order valence-corrected chi connectivity index (χ0v) is 11.6. The lowest BCUT2D eigenvalue weighted by molar-refractivity contribution is -0.704. The number of hydrogen-bond donors (Lipinski definition) is 2. The molecule has 1 heterocycles. The van der Waals surface area contributed by atoms with Crippen LogP contribution in [0, 0.1) is 0 Å². The first-order valence-corrected chi connectivity index (χ1v) is 7.03. The van der Waals surface area contributed by atoms with Crippen molar-refractivity contribution in [3.05, 3.63) is 30.1 Å². The fourth-order valence-corrected chi connectivity index (χ4v) is 2.07. The quantitative estimate of drug-likeness (QED) is 0.530. The van der Waals surface area contributed by atoms with Gasteiger partial charge in [-0.3, -0.25) is 0 Å². The van der Waals surface area contributed by atoms with E-state index in [9.17, 15) is 9.90 Å². The molecule has 0 saturated heterocycles. The normalized spacial score (nSPS) is 12.3. The number of aryl methyl sites for hydroxylation is 2. The number of aliphatic hydroxyl groups excluding tert-OH is 1. The Hall–Kier alpha value is -1.42. The minimum absolute atomic E-state index is 0.258. The van der Waals surface area contributed by atoms with Crippen molar-refractivity contribution in [2.24, 2.45) is 0 Å². The lowest BCUT2D eigenvalue weighted by Crippen LogP contribution is -2.38. The Labute approximate surface area is 114 Å². The molecule has 0 amide bonds. The van der Waals surface area contributed by atoms with Gasteiger partial charge in [0.2, 0.25) is 0 Å². The SMILES string of the molecule is CCCCCC[n+]1ccccc1CCC(O)C(=O)O. The van der Waals surface area contributed by atoms with E-state index in [1.54, 1.807) is 0 Å². The van der Waals surface area contributed by atoms with Crippen molar-refractivity contribution in [3.63, 3.8) is 0 Å². The van der Waals surface area contributed by atoms with Crippen molar-refractivity contribution >= 4 is 5.97 Å². The highest BCUT2D eigenvalue weighted by Crippen LogP contribution is 2.03. The number of aliphatic carboxylic acids is 1. The van der Waals surface area contributed by atoms with Gasteiger partial charge in [-0.15, -0.1) is 0 Å². The summed E-state index contributed by atoms with van der Waals surface area (Å²) in [6.45, 7) is 3.15. The van der Waals surface area contributed by atoms with E-state index in [1.807, 2.05) is 24.4 Å². The summed E-state index contributed by atoms with van der Waals surface area (Å²) in [5.74, 6) is -1.15. The van der Waals surface area contributed by atoms with Crippen LogP contribution in [0.15, 0.2) is 24.4 Å². The molecule has 0 radical (unpaired) electrons. The molecular weight excluding hydrogens is 242 g/mol. The zero-order chi connectivity index (χ0) is 14.1. The Morgan fingerprint density at radius 1 is 1.32 bits per heavy atom. The third-order valence-corrected chi connectivity index (χ3v) is 3.25. The third-order valence-electron chi connectivity index (χ3n) is 3.25. The Morgan fingerprint density at radius 2 is 2.11 bits per heavy atom. The molecule has 1 aromatic rings. The first-order chi connectivity index (χ1) is 9.15. The van der Waals surface area contributed by atoms with Gasteiger partial charge in [0.25, 0.3) is 0 Å². The molecule has 0 aliphatic carbocycles. The van der Waals surface area contributed by atoms with E-state index in [1.165, 1.54) is 19.3 Å². The number of hydrogen-bond acceptors (Lipinski definition) is 2. The maximum atomic E-state index is 10.6. The van der Waals surface area contributed by atoms with Gasteiger partial charge in [0.1, 0.15) is 6.54 Å². The van der Waals surface area contributed by atoms with Gasteiger partial charge in [0.05, 0.1) is 0 Å². The molecular formula is C15H24NO3+. The Balaban J connectivity index is 2.50. The molecule has 0 bridgehead atoms. The molecule has 0 spiro atoms. The molecule has 1 atom stereocenters. The number of nitrogens with zero attached hydrogens (tertiary/aromatic N) is 1. The first kappa shape index (κ1) is 15.6. The standard InChI is InChI=1S/C15H23NO3/c1-2-3-4-6-11-16-12-7-5-8-13(16)9-10-14(17)15(18)19/h5,7-8,12,14,17H,2-4,6,9-11H2,1H3/p+1. The lowest BCUT2D eigenvalue weighted by Gasteiger charge is -2.06. The van der Waals surface area contributed by atoms with Crippen molar-refractivity contribution < 1.29 is 19.6 Å². The smallest absolute Gasteiger partial charge is 0.332 e. The van der Waals surface area contributed by atoms with Crippen LogP contribution >= 0.6 is 0 Å². The highest BCUT2D eigenvalue weighted by Gasteiger charge is 2.16. The molecule has 0 aromatic carbocycles. The maximum Gasteiger partial charge on any atom is 0.332 e. The summed E-state index contributed by atoms with van der Waals surface area (Å²) >= 11 is 0. The average Bonchev–Trinajstić information content (AvgIpc) is 2.42. The van der Waals surface area contributed by atoms with Crippen molar-refractivity contribution in [2.45, 2.75) is 58.1 Å². The summed E-state index contributed by atoms with van der Waals surface area (Å²) in [6, 6.07) is 5.93. The highest BCUT2D eigenvalue weighted by atomic mass is 16.4. The number of rotatable bonds is 9. The number of unbranched alkanes of at least 4 members (excludes halogenated alkanes) is 3. The first-order valence-electron chi connectivity index (χ1n) is 7.03. The van der Waals surface area contributed by atoms with Gasteiger partial charge in [-0.05, 0) is 12.8 Å². The second-order valence-electron chi connectivity index (χ2n) is 4.84. The number of aromatic nitrogens is 1. The molecule has 19 heavy (non-hydrogen) atoms. The molecule has 1 rings (SSSR count). The summed E-state index contributed by atoms with van der Waals surface area (Å²) in [4.78, 5) is 10.6. The number of carboxylic acids is 1. The van der Waals surface area contributed by atoms with Crippen molar-refractivity contribution in [1.29, 1.82) is 0 Å². The number of carbonyl (C=O) groups is 1. The number of carboxylic acid groups (broad SMARTS) is 1. The summed E-state index contributed by atoms with van der Waals surface area (Å²) in [5.41, 5.74) is 1.08. The van der Waals surface area contributed by atoms with Crippen molar-refractivity contribution in [2.75, 3.05) is 0 Å². The molecule has 4 heteroatoms. The average molecular weight is 266 g/mol. The van der Waals surface area contributed by atoms with Crippen LogP contribution in [-0.2, 0) is 17.8 Å². The molecule has 106 valence electrons. The van der Waals surface area contributed by atoms with Crippen LogP contribution < -0.4 is 4.57 Å². The topological polar surface area (TPSA) is 61.4 Å². The van der Waals surface area contributed by atoms with E-state index in [0.717, 1.165) is 18.7 Å². The largest absolute Gasteiger partial charge is 0.479 e. The number of aliphatic hydroxyl groups is 1. The van der Waals surface area contributed by atoms with E-state index in [-0.39, 0.29) is 6.42 Å². The maximum absolute atomic E-state index is 10.6. The van der Waals surface area contributed by atoms with Gasteiger partial charge in [0, 0.05) is 25.0 Å². The summed E-state index contributed by atoms with van der Waals surface area (Å²) in [5, 5.41) is 18.0. The number of pyridine rings is 1. The molecule has 0 fully saturated rings. The fraction of sp³-hybridized carbons (Fsp3) is 0.600. The molecule has 2 N–H and O–H groups in total. The zero-order valence-electron chi connectivity index (χ0n) is 11.6. The predicted octanol–water partition coefficient (Wildman–Crippen LogP) is 1.93. The molecule has 4 nitrogen and oxygen atoms in total. The van der Waals surface area contributed by atoms with E-state index in [4.69, 9.17) is 5.11 Å². The Bertz CT molecular complexity index is 393. The van der Waals surface area contributed by atoms with Gasteiger partial charge >= 0.3 is 5.97 Å². The molecule has 1 aromatic heterocycles. The predicted molar refractivity (Wildman–Crippen MR) is 72.7 cm³/mol. The minimum Gasteiger partial charge on any atom is -0.479 e. The van der Waals surface area contributed by atoms with Crippen LogP contribution in [0.2, 0.25) is 0 Å². The second kappa shape index (κ2) is 8.64. The van der Waals surface area contributed by atoms with Gasteiger partial charge < -0.3 is 10.2 Å². The summed E-state index contributed by atoms with van der Waals surface area (Å²) in [7, 11) is 0.